The topological polar surface area (TPSA) is 93.7 Å². The lowest BCUT2D eigenvalue weighted by Crippen LogP contribution is -2.40. The zero-order chi connectivity index (χ0) is 17.7. The molecule has 8 heteroatoms. The van der Waals surface area contributed by atoms with Crippen LogP contribution in [0.5, 0.6) is 5.75 Å². The standard InChI is InChI=1S/C15H24N2O5S/c1-15(2,3)22-14(18)17-12(10-16-23(5,19)20)11-8-6-7-9-13(11)21-4/h6-9,12,16H,10H2,1-5H3,(H,17,18)/t12-/m0/s1. The van der Waals surface area contributed by atoms with Gasteiger partial charge in [-0.2, -0.15) is 0 Å². The number of carbonyl (C=O) groups excluding carboxylic acids is 1. The average molecular weight is 344 g/mol. The number of ether oxygens (including phenoxy) is 2. The highest BCUT2D eigenvalue weighted by atomic mass is 32.2. The first-order chi connectivity index (χ1) is 10.5. The number of para-hydroxylation sites is 1. The SMILES string of the molecule is COc1ccccc1[C@H](CNS(C)(=O)=O)NC(=O)OC(C)(C)C. The molecule has 1 atom stereocenters. The van der Waals surface area contributed by atoms with Gasteiger partial charge in [0.25, 0.3) is 0 Å². The number of hydrogen-bond acceptors (Lipinski definition) is 5. The van der Waals surface area contributed by atoms with Gasteiger partial charge in [0.1, 0.15) is 11.4 Å². The number of carbonyl (C=O) groups is 1. The molecule has 23 heavy (non-hydrogen) atoms. The van der Waals surface area contributed by atoms with E-state index in [0.717, 1.165) is 6.26 Å². The summed E-state index contributed by atoms with van der Waals surface area (Å²) in [6.45, 7) is 5.23. The van der Waals surface area contributed by atoms with Crippen molar-refractivity contribution in [3.8, 4) is 5.75 Å². The molecule has 0 aliphatic carbocycles. The van der Waals surface area contributed by atoms with Crippen LogP contribution in [0.3, 0.4) is 0 Å². The van der Waals surface area contributed by atoms with E-state index in [1.165, 1.54) is 7.11 Å². The van der Waals surface area contributed by atoms with Crippen molar-refractivity contribution in [2.24, 2.45) is 0 Å². The number of alkyl carbamates (subject to hydrolysis) is 1. The van der Waals surface area contributed by atoms with E-state index < -0.39 is 27.8 Å². The molecule has 0 aromatic heterocycles. The molecule has 0 aliphatic heterocycles. The molecule has 2 N–H and O–H groups in total. The maximum absolute atomic E-state index is 12.0. The highest BCUT2D eigenvalue weighted by Crippen LogP contribution is 2.25. The van der Waals surface area contributed by atoms with Crippen LogP contribution in [-0.4, -0.2) is 40.0 Å². The molecule has 0 heterocycles. The fourth-order valence-corrected chi connectivity index (χ4v) is 2.35. The first-order valence-corrected chi connectivity index (χ1v) is 8.98. The lowest BCUT2D eigenvalue weighted by Gasteiger charge is -2.25. The van der Waals surface area contributed by atoms with Crippen molar-refractivity contribution in [3.05, 3.63) is 29.8 Å². The summed E-state index contributed by atoms with van der Waals surface area (Å²) in [6.07, 6.45) is 0.420. The zero-order valence-electron chi connectivity index (χ0n) is 14.0. The second-order valence-corrected chi connectivity index (χ2v) is 7.89. The minimum atomic E-state index is -3.40. The van der Waals surface area contributed by atoms with Gasteiger partial charge in [-0.25, -0.2) is 17.9 Å². The van der Waals surface area contributed by atoms with E-state index in [0.29, 0.717) is 11.3 Å². The van der Waals surface area contributed by atoms with Gasteiger partial charge in [0.15, 0.2) is 0 Å². The molecule has 0 unspecified atom stereocenters. The fraction of sp³-hybridized carbons (Fsp3) is 0.533. The van der Waals surface area contributed by atoms with E-state index in [1.807, 2.05) is 0 Å². The summed E-state index contributed by atoms with van der Waals surface area (Å²) in [5.41, 5.74) is -0.00310. The Bertz CT molecular complexity index is 638. The maximum atomic E-state index is 12.0. The van der Waals surface area contributed by atoms with Gasteiger partial charge in [0.2, 0.25) is 10.0 Å². The third kappa shape index (κ3) is 7.34. The molecule has 130 valence electrons. The first kappa shape index (κ1) is 19.2. The Kier molecular flexibility index (Phi) is 6.40. The van der Waals surface area contributed by atoms with Crippen molar-refractivity contribution in [1.29, 1.82) is 0 Å². The van der Waals surface area contributed by atoms with Crippen molar-refractivity contribution in [2.75, 3.05) is 19.9 Å². The Morgan fingerprint density at radius 2 is 1.87 bits per heavy atom. The summed E-state index contributed by atoms with van der Waals surface area (Å²) in [5, 5.41) is 2.67. The molecule has 0 saturated carbocycles. The van der Waals surface area contributed by atoms with Gasteiger partial charge in [0, 0.05) is 12.1 Å². The molecule has 0 spiro atoms. The summed E-state index contributed by atoms with van der Waals surface area (Å²) in [5.74, 6) is 0.545. The predicted octanol–water partition coefficient (Wildman–Crippen LogP) is 1.81. The molecule has 0 saturated heterocycles. The lowest BCUT2D eigenvalue weighted by atomic mass is 10.1. The van der Waals surface area contributed by atoms with Crippen LogP contribution in [0.25, 0.3) is 0 Å². The van der Waals surface area contributed by atoms with Gasteiger partial charge in [-0.1, -0.05) is 18.2 Å². The van der Waals surface area contributed by atoms with Crippen LogP contribution < -0.4 is 14.8 Å². The van der Waals surface area contributed by atoms with Crippen LogP contribution in [0.15, 0.2) is 24.3 Å². The van der Waals surface area contributed by atoms with Crippen LogP contribution in [0.4, 0.5) is 4.79 Å². The second-order valence-electron chi connectivity index (χ2n) is 6.06. The Hall–Kier alpha value is -1.80. The summed E-state index contributed by atoms with van der Waals surface area (Å²) < 4.78 is 35.6. The molecule has 0 fully saturated rings. The zero-order valence-corrected chi connectivity index (χ0v) is 14.9. The van der Waals surface area contributed by atoms with Crippen LogP contribution in [0.1, 0.15) is 32.4 Å². The third-order valence-corrected chi connectivity index (χ3v) is 3.45. The summed E-state index contributed by atoms with van der Waals surface area (Å²) in [4.78, 5) is 12.0. The molecule has 0 bridgehead atoms. The molecule has 1 aromatic rings. The van der Waals surface area contributed by atoms with Gasteiger partial charge in [-0.15, -0.1) is 0 Å². The number of nitrogens with one attached hydrogen (secondary N) is 2. The number of sulfonamides is 1. The largest absolute Gasteiger partial charge is 0.496 e. The van der Waals surface area contributed by atoms with Crippen molar-refractivity contribution < 1.29 is 22.7 Å². The van der Waals surface area contributed by atoms with Crippen molar-refractivity contribution >= 4 is 16.1 Å². The fourth-order valence-electron chi connectivity index (χ4n) is 1.88. The molecular formula is C15H24N2O5S. The second kappa shape index (κ2) is 7.65. The molecule has 1 aromatic carbocycles. The van der Waals surface area contributed by atoms with Crippen LogP contribution in [-0.2, 0) is 14.8 Å². The first-order valence-electron chi connectivity index (χ1n) is 7.09. The van der Waals surface area contributed by atoms with E-state index in [4.69, 9.17) is 9.47 Å². The number of rotatable bonds is 6. The highest BCUT2D eigenvalue weighted by Gasteiger charge is 2.23. The Labute approximate surface area is 137 Å². The molecular weight excluding hydrogens is 320 g/mol. The maximum Gasteiger partial charge on any atom is 0.408 e. The van der Waals surface area contributed by atoms with E-state index in [-0.39, 0.29) is 6.54 Å². The van der Waals surface area contributed by atoms with Gasteiger partial charge in [-0.05, 0) is 26.8 Å². The number of amides is 1. The van der Waals surface area contributed by atoms with Crippen LogP contribution in [0, 0.1) is 0 Å². The van der Waals surface area contributed by atoms with Gasteiger partial charge >= 0.3 is 6.09 Å². The normalized spacial score (nSPS) is 13.3. The van der Waals surface area contributed by atoms with E-state index in [1.54, 1.807) is 45.0 Å². The average Bonchev–Trinajstić information content (AvgIpc) is 2.40. The highest BCUT2D eigenvalue weighted by molar-refractivity contribution is 7.88. The lowest BCUT2D eigenvalue weighted by molar-refractivity contribution is 0.0503. The smallest absolute Gasteiger partial charge is 0.408 e. The summed E-state index contributed by atoms with van der Waals surface area (Å²) in [6, 6.07) is 6.43. The summed E-state index contributed by atoms with van der Waals surface area (Å²) in [7, 11) is -1.89. The quantitative estimate of drug-likeness (QED) is 0.821. The van der Waals surface area contributed by atoms with Crippen molar-refractivity contribution in [2.45, 2.75) is 32.4 Å². The molecule has 0 radical (unpaired) electrons. The van der Waals surface area contributed by atoms with E-state index in [2.05, 4.69) is 10.0 Å². The molecule has 1 rings (SSSR count). The minimum Gasteiger partial charge on any atom is -0.496 e. The van der Waals surface area contributed by atoms with Gasteiger partial charge in [-0.3, -0.25) is 0 Å². The van der Waals surface area contributed by atoms with Gasteiger partial charge < -0.3 is 14.8 Å². The third-order valence-electron chi connectivity index (χ3n) is 2.75. The van der Waals surface area contributed by atoms with E-state index >= 15 is 0 Å². The van der Waals surface area contributed by atoms with Crippen molar-refractivity contribution in [3.63, 3.8) is 0 Å². The van der Waals surface area contributed by atoms with Crippen LogP contribution >= 0.6 is 0 Å². The Morgan fingerprint density at radius 1 is 1.26 bits per heavy atom. The molecule has 1 amide bonds. The Morgan fingerprint density at radius 3 is 2.39 bits per heavy atom. The van der Waals surface area contributed by atoms with Crippen molar-refractivity contribution in [1.82, 2.24) is 10.0 Å². The van der Waals surface area contributed by atoms with Crippen LogP contribution in [0.2, 0.25) is 0 Å². The monoisotopic (exact) mass is 344 g/mol. The number of benzene rings is 1. The minimum absolute atomic E-state index is 0.0154. The number of methoxy groups -OCH3 is 1. The summed E-state index contributed by atoms with van der Waals surface area (Å²) >= 11 is 0. The number of hydrogen-bond donors (Lipinski definition) is 2. The molecule has 0 aliphatic rings. The van der Waals surface area contributed by atoms with E-state index in [9.17, 15) is 13.2 Å². The Balaban J connectivity index is 2.99. The van der Waals surface area contributed by atoms with Gasteiger partial charge in [0.05, 0.1) is 19.4 Å². The predicted molar refractivity (Wildman–Crippen MR) is 88.0 cm³/mol. The molecule has 7 nitrogen and oxygen atoms in total.